The lowest BCUT2D eigenvalue weighted by molar-refractivity contribution is 0.307. The molecular weight excluding hydrogens is 474 g/mol. The van der Waals surface area contributed by atoms with Crippen LogP contribution >= 0.6 is 11.6 Å². The fraction of sp³-hybridized carbons (Fsp3) is 0.222. The van der Waals surface area contributed by atoms with Crippen molar-refractivity contribution in [2.24, 2.45) is 0 Å². The summed E-state index contributed by atoms with van der Waals surface area (Å²) >= 11 is 6.50. The van der Waals surface area contributed by atoms with E-state index < -0.39 is 0 Å². The SMILES string of the molecule is CCc1nc2c(Cl)cc(C)nc2n1Cc1ccc2c(c1)OCc1ccccc1C2=C(C)c1nnn[nH]1. The molecule has 6 rings (SSSR count). The van der Waals surface area contributed by atoms with Crippen LogP contribution < -0.4 is 4.74 Å². The van der Waals surface area contributed by atoms with E-state index in [2.05, 4.69) is 62.4 Å². The van der Waals surface area contributed by atoms with E-state index in [0.717, 1.165) is 68.3 Å². The van der Waals surface area contributed by atoms with E-state index >= 15 is 0 Å². The molecule has 0 amide bonds. The van der Waals surface area contributed by atoms with Crippen molar-refractivity contribution in [2.45, 2.75) is 40.3 Å². The lowest BCUT2D eigenvalue weighted by Crippen LogP contribution is -2.06. The molecule has 180 valence electrons. The number of tetrazole rings is 1. The Kier molecular flexibility index (Phi) is 5.53. The largest absolute Gasteiger partial charge is 0.488 e. The molecule has 5 aromatic rings. The minimum absolute atomic E-state index is 0.475. The summed E-state index contributed by atoms with van der Waals surface area (Å²) in [4.78, 5) is 9.52. The van der Waals surface area contributed by atoms with Gasteiger partial charge in [-0.2, -0.15) is 0 Å². The van der Waals surface area contributed by atoms with Gasteiger partial charge in [-0.3, -0.25) is 0 Å². The molecule has 0 spiro atoms. The van der Waals surface area contributed by atoms with Crippen LogP contribution in [0.4, 0.5) is 0 Å². The van der Waals surface area contributed by atoms with Gasteiger partial charge < -0.3 is 9.30 Å². The number of fused-ring (bicyclic) bond motifs is 3. The highest BCUT2D eigenvalue weighted by Gasteiger charge is 2.23. The van der Waals surface area contributed by atoms with Gasteiger partial charge in [0.25, 0.3) is 0 Å². The van der Waals surface area contributed by atoms with Crippen molar-refractivity contribution in [1.29, 1.82) is 0 Å². The number of benzene rings is 2. The summed E-state index contributed by atoms with van der Waals surface area (Å²) in [6, 6.07) is 16.5. The van der Waals surface area contributed by atoms with E-state index in [1.807, 2.05) is 32.0 Å². The molecule has 0 radical (unpaired) electrons. The molecule has 0 aliphatic carbocycles. The average Bonchev–Trinajstić information content (AvgIpc) is 3.50. The second-order valence-corrected chi connectivity index (χ2v) is 9.32. The molecule has 36 heavy (non-hydrogen) atoms. The highest BCUT2D eigenvalue weighted by atomic mass is 35.5. The Morgan fingerprint density at radius 2 is 1.97 bits per heavy atom. The van der Waals surface area contributed by atoms with E-state index in [1.54, 1.807) is 0 Å². The number of hydrogen-bond donors (Lipinski definition) is 1. The molecule has 3 aromatic heterocycles. The lowest BCUT2D eigenvalue weighted by atomic mass is 9.90. The van der Waals surface area contributed by atoms with Gasteiger partial charge in [-0.05, 0) is 58.7 Å². The van der Waals surface area contributed by atoms with Crippen LogP contribution in [0.2, 0.25) is 5.02 Å². The smallest absolute Gasteiger partial charge is 0.175 e. The fourth-order valence-electron chi connectivity index (χ4n) is 4.85. The normalized spacial score (nSPS) is 14.2. The Hall–Kier alpha value is -4.04. The molecule has 1 N–H and O–H groups in total. The number of rotatable bonds is 4. The third-order valence-electron chi connectivity index (χ3n) is 6.58. The van der Waals surface area contributed by atoms with Crippen molar-refractivity contribution < 1.29 is 4.74 Å². The number of hydrogen-bond acceptors (Lipinski definition) is 6. The van der Waals surface area contributed by atoms with Gasteiger partial charge in [-0.1, -0.05) is 54.9 Å². The van der Waals surface area contributed by atoms with Gasteiger partial charge >= 0.3 is 0 Å². The summed E-state index contributed by atoms with van der Waals surface area (Å²) in [6.45, 7) is 7.15. The van der Waals surface area contributed by atoms with Crippen LogP contribution in [-0.4, -0.2) is 35.2 Å². The van der Waals surface area contributed by atoms with Gasteiger partial charge in [0.05, 0.1) is 11.6 Å². The molecule has 0 saturated heterocycles. The molecule has 1 aliphatic heterocycles. The predicted octanol–water partition coefficient (Wildman–Crippen LogP) is 5.39. The Labute approximate surface area is 213 Å². The number of aromatic amines is 1. The van der Waals surface area contributed by atoms with Gasteiger partial charge in [0.2, 0.25) is 0 Å². The van der Waals surface area contributed by atoms with Gasteiger partial charge in [-0.25, -0.2) is 15.1 Å². The van der Waals surface area contributed by atoms with Crippen molar-refractivity contribution in [1.82, 2.24) is 35.2 Å². The lowest BCUT2D eigenvalue weighted by Gasteiger charge is -2.15. The maximum atomic E-state index is 6.50. The molecule has 0 saturated carbocycles. The molecule has 9 heteroatoms. The van der Waals surface area contributed by atoms with E-state index in [-0.39, 0.29) is 0 Å². The van der Waals surface area contributed by atoms with Crippen molar-refractivity contribution in [3.8, 4) is 5.75 Å². The van der Waals surface area contributed by atoms with Gasteiger partial charge in [0, 0.05) is 23.3 Å². The molecule has 0 bridgehead atoms. The highest BCUT2D eigenvalue weighted by Crippen LogP contribution is 2.41. The van der Waals surface area contributed by atoms with E-state index in [0.29, 0.717) is 24.0 Å². The van der Waals surface area contributed by atoms with Crippen LogP contribution in [0.15, 0.2) is 48.5 Å². The van der Waals surface area contributed by atoms with Crippen molar-refractivity contribution in [2.75, 3.05) is 0 Å². The number of imidazole rings is 1. The summed E-state index contributed by atoms with van der Waals surface area (Å²) in [6.07, 6.45) is 0.778. The minimum atomic E-state index is 0.475. The van der Waals surface area contributed by atoms with Crippen LogP contribution in [0.3, 0.4) is 0 Å². The van der Waals surface area contributed by atoms with Crippen LogP contribution in [0, 0.1) is 6.92 Å². The average molecular weight is 498 g/mol. The molecule has 0 unspecified atom stereocenters. The van der Waals surface area contributed by atoms with Crippen molar-refractivity contribution in [3.63, 3.8) is 0 Å². The number of pyridine rings is 1. The number of H-pyrrole nitrogens is 1. The molecular formula is C27H24ClN7O. The number of halogens is 1. The predicted molar refractivity (Wildman–Crippen MR) is 139 cm³/mol. The maximum absolute atomic E-state index is 6.50. The molecule has 0 atom stereocenters. The van der Waals surface area contributed by atoms with E-state index in [1.165, 1.54) is 0 Å². The van der Waals surface area contributed by atoms with Crippen LogP contribution in [0.5, 0.6) is 5.75 Å². The van der Waals surface area contributed by atoms with Crippen LogP contribution in [-0.2, 0) is 19.6 Å². The van der Waals surface area contributed by atoms with Gasteiger partial charge in [0.1, 0.15) is 23.7 Å². The monoisotopic (exact) mass is 497 g/mol. The number of nitrogens with one attached hydrogen (secondary N) is 1. The van der Waals surface area contributed by atoms with Gasteiger partial charge in [0.15, 0.2) is 11.5 Å². The molecule has 0 fully saturated rings. The van der Waals surface area contributed by atoms with Crippen molar-refractivity contribution in [3.05, 3.63) is 93.2 Å². The Bertz CT molecular complexity index is 1640. The number of aryl methyl sites for hydroxylation is 2. The zero-order valence-electron chi connectivity index (χ0n) is 20.2. The second kappa shape index (κ2) is 8.87. The maximum Gasteiger partial charge on any atom is 0.175 e. The zero-order chi connectivity index (χ0) is 24.8. The topological polar surface area (TPSA) is 94.4 Å². The highest BCUT2D eigenvalue weighted by molar-refractivity contribution is 6.34. The molecule has 2 aromatic carbocycles. The molecule has 4 heterocycles. The first-order chi connectivity index (χ1) is 17.5. The summed E-state index contributed by atoms with van der Waals surface area (Å²) in [7, 11) is 0. The Balaban J connectivity index is 1.48. The summed E-state index contributed by atoms with van der Waals surface area (Å²) in [5, 5.41) is 15.2. The Morgan fingerprint density at radius 3 is 2.78 bits per heavy atom. The number of ether oxygens (including phenoxy) is 1. The van der Waals surface area contributed by atoms with Crippen LogP contribution in [0.1, 0.15) is 53.4 Å². The molecule has 8 nitrogen and oxygen atoms in total. The summed E-state index contributed by atoms with van der Waals surface area (Å²) in [5.41, 5.74) is 8.72. The first kappa shape index (κ1) is 22.4. The first-order valence-electron chi connectivity index (χ1n) is 11.8. The first-order valence-corrected chi connectivity index (χ1v) is 12.2. The standard InChI is InChI=1S/C27H24ClN7O/c1-4-23-30-25-21(28)11-15(2)29-27(25)35(23)13-17-9-10-20-22(12-17)36-14-18-7-5-6-8-19(18)24(20)16(3)26-31-33-34-32-26/h5-12H,4,13-14H2,1-3H3,(H,31,32,33,34). The second-order valence-electron chi connectivity index (χ2n) is 8.91. The zero-order valence-corrected chi connectivity index (χ0v) is 21.0. The number of aromatic nitrogens is 7. The fourth-order valence-corrected chi connectivity index (χ4v) is 5.14. The minimum Gasteiger partial charge on any atom is -0.488 e. The number of nitrogens with zero attached hydrogens (tertiary/aromatic N) is 6. The van der Waals surface area contributed by atoms with Gasteiger partial charge in [-0.15, -0.1) is 5.10 Å². The van der Waals surface area contributed by atoms with E-state index in [4.69, 9.17) is 26.3 Å². The molecule has 1 aliphatic rings. The summed E-state index contributed by atoms with van der Waals surface area (Å²) < 4.78 is 8.50. The third kappa shape index (κ3) is 3.74. The van der Waals surface area contributed by atoms with E-state index in [9.17, 15) is 0 Å². The number of allylic oxidation sites excluding steroid dienone is 1. The summed E-state index contributed by atoms with van der Waals surface area (Å²) in [5.74, 6) is 2.39. The van der Waals surface area contributed by atoms with Crippen LogP contribution in [0.25, 0.3) is 22.3 Å². The Morgan fingerprint density at radius 1 is 1.11 bits per heavy atom. The van der Waals surface area contributed by atoms with Crippen molar-refractivity contribution >= 4 is 33.9 Å². The third-order valence-corrected chi connectivity index (χ3v) is 6.87. The quantitative estimate of drug-likeness (QED) is 0.358.